The predicted molar refractivity (Wildman–Crippen MR) is 148 cm³/mol. The van der Waals surface area contributed by atoms with Gasteiger partial charge in [0.25, 0.3) is 0 Å². The van der Waals surface area contributed by atoms with Gasteiger partial charge in [-0.05, 0) is 36.6 Å². The van der Waals surface area contributed by atoms with E-state index in [4.69, 9.17) is 9.72 Å². The van der Waals surface area contributed by atoms with Crippen LogP contribution < -0.4 is 16.0 Å². The zero-order chi connectivity index (χ0) is 27.9. The van der Waals surface area contributed by atoms with Gasteiger partial charge in [0.05, 0.1) is 24.5 Å². The molecule has 1 aliphatic heterocycles. The topological polar surface area (TPSA) is 144 Å². The number of anilines is 2. The molecule has 1 unspecified atom stereocenters. The van der Waals surface area contributed by atoms with Crippen LogP contribution in [0.15, 0.2) is 36.5 Å². The second-order valence-corrected chi connectivity index (χ2v) is 16.2. The van der Waals surface area contributed by atoms with Gasteiger partial charge in [0, 0.05) is 38.5 Å². The third-order valence-corrected chi connectivity index (χ3v) is 7.69. The molecular weight excluding hydrogens is 506 g/mol. The van der Waals surface area contributed by atoms with E-state index in [-0.39, 0.29) is 25.0 Å². The van der Waals surface area contributed by atoms with Crippen molar-refractivity contribution >= 4 is 37.5 Å². The molecule has 0 saturated heterocycles. The smallest absolute Gasteiger partial charge is 0.411 e. The molecule has 1 aromatic carbocycles. The number of carbonyl (C=O) groups excluding carboxylic acids is 2. The number of amides is 3. The van der Waals surface area contributed by atoms with Crippen molar-refractivity contribution in [2.45, 2.75) is 58.2 Å². The number of rotatable bonds is 7. The molecule has 3 amide bonds. The number of carbonyl (C=O) groups is 3. The van der Waals surface area contributed by atoms with Crippen LogP contribution in [-0.2, 0) is 21.0 Å². The van der Waals surface area contributed by atoms with Crippen LogP contribution in [0.3, 0.4) is 0 Å². The Morgan fingerprint density at radius 2 is 2.05 bits per heavy atom. The van der Waals surface area contributed by atoms with Crippen molar-refractivity contribution in [1.82, 2.24) is 14.9 Å². The van der Waals surface area contributed by atoms with Gasteiger partial charge in [-0.15, -0.1) is 0 Å². The Hall–Kier alpha value is -3.64. The van der Waals surface area contributed by atoms with Gasteiger partial charge in [0.1, 0.15) is 12.6 Å². The van der Waals surface area contributed by atoms with Crippen molar-refractivity contribution in [2.75, 3.05) is 24.4 Å². The number of hydrogen-bond donors (Lipinski definition) is 4. The monoisotopic (exact) mass is 543 g/mol. The van der Waals surface area contributed by atoms with Gasteiger partial charge in [0.2, 0.25) is 5.91 Å². The molecule has 1 aromatic heterocycles. The number of benzene rings is 1. The number of allylic oxidation sites excluding steroid dienone is 1. The maximum absolute atomic E-state index is 12.9. The Morgan fingerprint density at radius 1 is 1.29 bits per heavy atom. The molecule has 2 aromatic rings. The van der Waals surface area contributed by atoms with Gasteiger partial charge in [0.15, 0.2) is 0 Å². The third kappa shape index (κ3) is 8.45. The first kappa shape index (κ1) is 28.9. The highest BCUT2D eigenvalue weighted by atomic mass is 28.3. The van der Waals surface area contributed by atoms with Crippen LogP contribution in [0.4, 0.5) is 21.0 Å². The van der Waals surface area contributed by atoms with E-state index in [1.54, 1.807) is 29.0 Å². The normalized spacial score (nSPS) is 18.6. The molecule has 2 atom stereocenters. The highest BCUT2D eigenvalue weighted by Crippen LogP contribution is 2.33. The molecule has 1 aliphatic rings. The fourth-order valence-electron chi connectivity index (χ4n) is 3.99. The molecular formula is C26H37N5O6Si. The molecule has 12 heteroatoms. The van der Waals surface area contributed by atoms with Gasteiger partial charge in [-0.3, -0.25) is 10.1 Å². The fraction of sp³-hybridized carbons (Fsp3) is 0.462. The minimum Gasteiger partial charge on any atom is -0.465 e. The summed E-state index contributed by atoms with van der Waals surface area (Å²) in [5, 5.41) is 17.7. The minimum atomic E-state index is -1.29. The van der Waals surface area contributed by atoms with E-state index in [1.165, 1.54) is 7.11 Å². The van der Waals surface area contributed by atoms with Gasteiger partial charge in [-0.1, -0.05) is 38.7 Å². The molecule has 206 valence electrons. The highest BCUT2D eigenvalue weighted by Gasteiger charge is 2.23. The average Bonchev–Trinajstić information content (AvgIpc) is 3.23. The lowest BCUT2D eigenvalue weighted by Gasteiger charge is -2.19. The highest BCUT2D eigenvalue weighted by molar-refractivity contribution is 6.76. The van der Waals surface area contributed by atoms with Crippen LogP contribution >= 0.6 is 0 Å². The molecule has 11 nitrogen and oxygen atoms in total. The maximum atomic E-state index is 12.9. The number of imidazole rings is 1. The van der Waals surface area contributed by atoms with Gasteiger partial charge in [-0.2, -0.15) is 0 Å². The van der Waals surface area contributed by atoms with E-state index in [2.05, 4.69) is 40.3 Å². The molecule has 3 rings (SSSR count). The van der Waals surface area contributed by atoms with E-state index in [1.807, 2.05) is 19.1 Å². The number of nitrogens with zero attached hydrogens (tertiary/aromatic N) is 2. The van der Waals surface area contributed by atoms with Crippen molar-refractivity contribution in [1.29, 1.82) is 0 Å². The molecule has 4 N–H and O–H groups in total. The summed E-state index contributed by atoms with van der Waals surface area (Å²) in [5.74, 6) is 0.216. The van der Waals surface area contributed by atoms with E-state index in [0.717, 1.165) is 6.04 Å². The maximum Gasteiger partial charge on any atom is 0.411 e. The largest absolute Gasteiger partial charge is 0.465 e. The summed E-state index contributed by atoms with van der Waals surface area (Å²) in [6, 6.07) is 5.43. The van der Waals surface area contributed by atoms with E-state index in [9.17, 15) is 19.5 Å². The first-order valence-corrected chi connectivity index (χ1v) is 16.3. The number of carboxylic acid groups (broad SMARTS) is 1. The zero-order valence-corrected chi connectivity index (χ0v) is 23.5. The second-order valence-electron chi connectivity index (χ2n) is 10.6. The Kier molecular flexibility index (Phi) is 9.70. The first-order chi connectivity index (χ1) is 17.9. The SMILES string of the molecule is COC(=O)Nc1ccc2c(c1)NC(=O)CC(C)/C=C/C[C@H](NC(=O)O)c1nc-2cn1COCC[Si](C)(C)C. The lowest BCUT2D eigenvalue weighted by atomic mass is 10.0. The Bertz CT molecular complexity index is 1190. The first-order valence-electron chi connectivity index (χ1n) is 12.6. The van der Waals surface area contributed by atoms with Crippen LogP contribution in [0.1, 0.15) is 31.6 Å². The summed E-state index contributed by atoms with van der Waals surface area (Å²) >= 11 is 0. The number of methoxy groups -OCH3 is 1. The number of nitrogens with one attached hydrogen (secondary N) is 3. The van der Waals surface area contributed by atoms with Gasteiger partial charge in [-0.25, -0.2) is 14.6 Å². The standard InChI is InChI=1S/C26H37N5O6Si/c1-17-7-6-8-20(30-25(33)34)24-29-22(15-31(24)16-37-11-12-38(3,4)5)19-10-9-18(27-26(35)36-2)14-21(19)28-23(32)13-17/h6-7,9-10,14-15,17,20,30H,8,11-13,16H2,1-5H3,(H,27,35)(H,28,32)(H,33,34)/b7-6+/t17?,20-/m0/s1. The lowest BCUT2D eigenvalue weighted by Crippen LogP contribution is -2.29. The average molecular weight is 544 g/mol. The van der Waals surface area contributed by atoms with Crippen LogP contribution in [0, 0.1) is 5.92 Å². The van der Waals surface area contributed by atoms with E-state index >= 15 is 0 Å². The van der Waals surface area contributed by atoms with Crippen LogP contribution in [0.5, 0.6) is 0 Å². The predicted octanol–water partition coefficient (Wildman–Crippen LogP) is 5.27. The number of ether oxygens (including phenoxy) is 2. The molecule has 0 spiro atoms. The molecule has 2 heterocycles. The van der Waals surface area contributed by atoms with Crippen LogP contribution in [-0.4, -0.2) is 54.5 Å². The van der Waals surface area contributed by atoms with Crippen molar-refractivity contribution in [2.24, 2.45) is 5.92 Å². The Morgan fingerprint density at radius 3 is 2.74 bits per heavy atom. The van der Waals surface area contributed by atoms with Gasteiger partial charge < -0.3 is 29.8 Å². The van der Waals surface area contributed by atoms with Crippen LogP contribution in [0.25, 0.3) is 11.3 Å². The lowest BCUT2D eigenvalue weighted by molar-refractivity contribution is -0.116. The van der Waals surface area contributed by atoms with E-state index < -0.39 is 26.3 Å². The summed E-state index contributed by atoms with van der Waals surface area (Å²) < 4.78 is 12.5. The Labute approximate surface area is 223 Å². The fourth-order valence-corrected chi connectivity index (χ4v) is 4.74. The molecule has 0 radical (unpaired) electrons. The molecule has 0 saturated carbocycles. The number of hydrogen-bond acceptors (Lipinski definition) is 6. The summed E-state index contributed by atoms with van der Waals surface area (Å²) in [7, 11) is -0.0210. The molecule has 0 fully saturated rings. The van der Waals surface area contributed by atoms with Crippen LogP contribution in [0.2, 0.25) is 25.7 Å². The quantitative estimate of drug-likeness (QED) is 0.211. The van der Waals surface area contributed by atoms with Crippen molar-refractivity contribution in [3.05, 3.63) is 42.4 Å². The number of aromatic nitrogens is 2. The molecule has 2 bridgehead atoms. The van der Waals surface area contributed by atoms with E-state index in [0.29, 0.717) is 41.5 Å². The summed E-state index contributed by atoms with van der Waals surface area (Å²) in [5.41, 5.74) is 2.04. The van der Waals surface area contributed by atoms with Gasteiger partial charge >= 0.3 is 12.2 Å². The summed E-state index contributed by atoms with van der Waals surface area (Å²) in [6.07, 6.45) is 4.34. The molecule has 0 aliphatic carbocycles. The Balaban J connectivity index is 2.07. The second kappa shape index (κ2) is 12.7. The zero-order valence-electron chi connectivity index (χ0n) is 22.5. The minimum absolute atomic E-state index is 0.0830. The number of fused-ring (bicyclic) bond motifs is 4. The summed E-state index contributed by atoms with van der Waals surface area (Å²) in [4.78, 5) is 41.1. The third-order valence-electron chi connectivity index (χ3n) is 5.99. The van der Waals surface area contributed by atoms with Crippen molar-refractivity contribution in [3.8, 4) is 11.3 Å². The van der Waals surface area contributed by atoms with Crippen molar-refractivity contribution in [3.63, 3.8) is 0 Å². The summed E-state index contributed by atoms with van der Waals surface area (Å²) in [6.45, 7) is 9.53. The molecule has 38 heavy (non-hydrogen) atoms. The van der Waals surface area contributed by atoms with Crippen molar-refractivity contribution < 1.29 is 29.0 Å².